The van der Waals surface area contributed by atoms with Gasteiger partial charge in [-0.3, -0.25) is 4.79 Å². The minimum atomic E-state index is 0.125. The molecule has 1 aromatic heterocycles. The molecule has 0 N–H and O–H groups in total. The first-order valence-electron chi connectivity index (χ1n) is 5.19. The summed E-state index contributed by atoms with van der Waals surface area (Å²) in [5.74, 6) is 0.790. The van der Waals surface area contributed by atoms with Crippen molar-refractivity contribution in [2.75, 3.05) is 13.2 Å². The van der Waals surface area contributed by atoms with E-state index in [1.807, 2.05) is 6.07 Å². The quantitative estimate of drug-likeness (QED) is 0.762. The highest BCUT2D eigenvalue weighted by atomic mass is 32.1. The molecule has 1 aromatic rings. The molecule has 2 nitrogen and oxygen atoms in total. The van der Waals surface area contributed by atoms with Crippen LogP contribution in [-0.4, -0.2) is 19.0 Å². The summed E-state index contributed by atoms with van der Waals surface area (Å²) in [5, 5.41) is 2.05. The summed E-state index contributed by atoms with van der Waals surface area (Å²) in [7, 11) is 0. The summed E-state index contributed by atoms with van der Waals surface area (Å²) in [6, 6.07) is 4.12. The van der Waals surface area contributed by atoms with Crippen LogP contribution in [0.1, 0.15) is 4.88 Å². The highest BCUT2D eigenvalue weighted by Gasteiger charge is 2.39. The topological polar surface area (TPSA) is 26.3 Å². The van der Waals surface area contributed by atoms with E-state index >= 15 is 0 Å². The van der Waals surface area contributed by atoms with Gasteiger partial charge < -0.3 is 4.74 Å². The number of hydrogen-bond acceptors (Lipinski definition) is 3. The van der Waals surface area contributed by atoms with Crippen LogP contribution in [0.2, 0.25) is 0 Å². The van der Waals surface area contributed by atoms with Gasteiger partial charge in [0, 0.05) is 17.2 Å². The van der Waals surface area contributed by atoms with Crippen molar-refractivity contribution in [3.63, 3.8) is 0 Å². The fraction of sp³-hybridized carbons (Fsp3) is 0.417. The van der Waals surface area contributed by atoms with Crippen LogP contribution in [0.5, 0.6) is 0 Å². The molecule has 1 saturated heterocycles. The third-order valence-electron chi connectivity index (χ3n) is 3.14. The number of ether oxygens (including phenoxy) is 1. The van der Waals surface area contributed by atoms with Crippen LogP contribution in [0.3, 0.4) is 0 Å². The second kappa shape index (κ2) is 3.58. The van der Waals surface area contributed by atoms with E-state index in [0.29, 0.717) is 18.3 Å². The average Bonchev–Trinajstić information content (AvgIpc) is 2.89. The maximum atomic E-state index is 12.0. The SMILES string of the molecule is O=C1C(Cc2cccs2)=CC2COCC12. The van der Waals surface area contributed by atoms with Gasteiger partial charge in [0.1, 0.15) is 0 Å². The Kier molecular flexibility index (Phi) is 2.22. The predicted octanol–water partition coefficient (Wildman–Crippen LogP) is 2.06. The highest BCUT2D eigenvalue weighted by Crippen LogP contribution is 2.34. The van der Waals surface area contributed by atoms with E-state index in [4.69, 9.17) is 4.74 Å². The number of ketones is 1. The summed E-state index contributed by atoms with van der Waals surface area (Å²) >= 11 is 1.72. The van der Waals surface area contributed by atoms with Crippen LogP contribution in [0.25, 0.3) is 0 Å². The number of rotatable bonds is 2. The molecule has 0 amide bonds. The fourth-order valence-electron chi connectivity index (χ4n) is 2.33. The van der Waals surface area contributed by atoms with Crippen molar-refractivity contribution in [3.05, 3.63) is 34.0 Å². The number of carbonyl (C=O) groups excluding carboxylic acids is 1. The van der Waals surface area contributed by atoms with E-state index in [1.54, 1.807) is 11.3 Å². The Morgan fingerprint density at radius 2 is 2.40 bits per heavy atom. The van der Waals surface area contributed by atoms with Gasteiger partial charge in [0.25, 0.3) is 0 Å². The maximum absolute atomic E-state index is 12.0. The third-order valence-corrected chi connectivity index (χ3v) is 4.01. The van der Waals surface area contributed by atoms with Gasteiger partial charge in [-0.25, -0.2) is 0 Å². The molecule has 0 saturated carbocycles. The molecular weight excluding hydrogens is 208 g/mol. The molecular formula is C12H12O2S. The molecule has 78 valence electrons. The normalized spacial score (nSPS) is 29.3. The van der Waals surface area contributed by atoms with Crippen LogP contribution in [0, 0.1) is 11.8 Å². The van der Waals surface area contributed by atoms with Crippen LogP contribution >= 0.6 is 11.3 Å². The lowest BCUT2D eigenvalue weighted by Gasteiger charge is -2.03. The molecule has 3 heteroatoms. The van der Waals surface area contributed by atoms with Gasteiger partial charge in [0.05, 0.1) is 19.1 Å². The summed E-state index contributed by atoms with van der Waals surface area (Å²) in [6.07, 6.45) is 2.93. The van der Waals surface area contributed by atoms with E-state index in [-0.39, 0.29) is 5.92 Å². The molecule has 1 aliphatic carbocycles. The Balaban J connectivity index is 1.80. The predicted molar refractivity (Wildman–Crippen MR) is 58.9 cm³/mol. The van der Waals surface area contributed by atoms with Crippen LogP contribution in [0.15, 0.2) is 29.2 Å². The van der Waals surface area contributed by atoms with E-state index in [2.05, 4.69) is 17.5 Å². The Morgan fingerprint density at radius 1 is 1.47 bits per heavy atom. The van der Waals surface area contributed by atoms with Crippen LogP contribution in [0.4, 0.5) is 0 Å². The van der Waals surface area contributed by atoms with Gasteiger partial charge in [-0.05, 0) is 17.0 Å². The Bertz CT molecular complexity index is 405. The zero-order chi connectivity index (χ0) is 10.3. The minimum Gasteiger partial charge on any atom is -0.380 e. The molecule has 2 atom stereocenters. The molecule has 0 spiro atoms. The molecule has 1 fully saturated rings. The summed E-state index contributed by atoms with van der Waals surface area (Å²) in [6.45, 7) is 1.35. The number of thiophene rings is 1. The van der Waals surface area contributed by atoms with Crippen LogP contribution < -0.4 is 0 Å². The summed E-state index contributed by atoms with van der Waals surface area (Å²) < 4.78 is 5.30. The van der Waals surface area contributed by atoms with E-state index in [9.17, 15) is 4.79 Å². The van der Waals surface area contributed by atoms with E-state index in [1.165, 1.54) is 4.88 Å². The van der Waals surface area contributed by atoms with Crippen molar-refractivity contribution in [2.45, 2.75) is 6.42 Å². The number of hydrogen-bond donors (Lipinski definition) is 0. The monoisotopic (exact) mass is 220 g/mol. The maximum Gasteiger partial charge on any atom is 0.164 e. The van der Waals surface area contributed by atoms with Crippen LogP contribution in [-0.2, 0) is 16.0 Å². The highest BCUT2D eigenvalue weighted by molar-refractivity contribution is 7.09. The lowest BCUT2D eigenvalue weighted by molar-refractivity contribution is -0.118. The first-order valence-corrected chi connectivity index (χ1v) is 6.07. The Labute approximate surface area is 92.6 Å². The van der Waals surface area contributed by atoms with E-state index < -0.39 is 0 Å². The summed E-state index contributed by atoms with van der Waals surface area (Å²) in [5.41, 5.74) is 0.996. The second-order valence-corrected chi connectivity index (χ2v) is 5.15. The van der Waals surface area contributed by atoms with Crippen molar-refractivity contribution < 1.29 is 9.53 Å². The molecule has 0 aromatic carbocycles. The van der Waals surface area contributed by atoms with Crippen molar-refractivity contribution in [1.29, 1.82) is 0 Å². The molecule has 1 aliphatic heterocycles. The van der Waals surface area contributed by atoms with Gasteiger partial charge in [-0.2, -0.15) is 0 Å². The Hall–Kier alpha value is -0.930. The number of Topliss-reactive ketones (excluding diaryl/α,β-unsaturated/α-hetero) is 1. The molecule has 15 heavy (non-hydrogen) atoms. The number of allylic oxidation sites excluding steroid dienone is 1. The fourth-order valence-corrected chi connectivity index (χ4v) is 3.06. The lowest BCUT2D eigenvalue weighted by Crippen LogP contribution is -2.15. The Morgan fingerprint density at radius 3 is 3.13 bits per heavy atom. The molecule has 0 bridgehead atoms. The van der Waals surface area contributed by atoms with Crippen molar-refractivity contribution in [2.24, 2.45) is 11.8 Å². The molecule has 2 aliphatic rings. The minimum absolute atomic E-state index is 0.125. The van der Waals surface area contributed by atoms with Gasteiger partial charge in [0.2, 0.25) is 0 Å². The van der Waals surface area contributed by atoms with Gasteiger partial charge in [0.15, 0.2) is 5.78 Å². The molecule has 0 radical (unpaired) electrons. The van der Waals surface area contributed by atoms with Crippen molar-refractivity contribution in [3.8, 4) is 0 Å². The third kappa shape index (κ3) is 1.56. The summed E-state index contributed by atoms with van der Waals surface area (Å²) in [4.78, 5) is 13.2. The largest absolute Gasteiger partial charge is 0.380 e. The van der Waals surface area contributed by atoms with Crippen molar-refractivity contribution >= 4 is 17.1 Å². The zero-order valence-corrected chi connectivity index (χ0v) is 9.13. The molecule has 3 rings (SSSR count). The van der Waals surface area contributed by atoms with Gasteiger partial charge in [-0.1, -0.05) is 12.1 Å². The zero-order valence-electron chi connectivity index (χ0n) is 8.31. The van der Waals surface area contributed by atoms with Gasteiger partial charge in [-0.15, -0.1) is 11.3 Å². The smallest absolute Gasteiger partial charge is 0.164 e. The number of carbonyl (C=O) groups is 1. The average molecular weight is 220 g/mol. The first kappa shape index (κ1) is 9.31. The standard InChI is InChI=1S/C12H12O2S/c13-12-8(5-10-2-1-3-15-10)4-9-6-14-7-11(9)12/h1-4,9,11H,5-7H2. The number of fused-ring (bicyclic) bond motifs is 1. The van der Waals surface area contributed by atoms with E-state index in [0.717, 1.165) is 18.6 Å². The second-order valence-electron chi connectivity index (χ2n) is 4.12. The lowest BCUT2D eigenvalue weighted by atomic mass is 9.98. The van der Waals surface area contributed by atoms with Crippen molar-refractivity contribution in [1.82, 2.24) is 0 Å². The van der Waals surface area contributed by atoms with Gasteiger partial charge >= 0.3 is 0 Å². The first-order chi connectivity index (χ1) is 7.34. The molecule has 2 heterocycles. The molecule has 2 unspecified atom stereocenters.